The van der Waals surface area contributed by atoms with Crippen molar-refractivity contribution in [2.45, 2.75) is 13.1 Å². The third-order valence-electron chi connectivity index (χ3n) is 5.53. The number of hydrogen-bond donors (Lipinski definition) is 1. The molecule has 0 aliphatic rings. The molecule has 164 valence electrons. The average Bonchev–Trinajstić information content (AvgIpc) is 3.25. The van der Waals surface area contributed by atoms with Crippen LogP contribution in [0.2, 0.25) is 5.02 Å². The van der Waals surface area contributed by atoms with Crippen molar-refractivity contribution in [3.05, 3.63) is 106 Å². The lowest BCUT2D eigenvalue weighted by Gasteiger charge is -2.09. The molecule has 0 fully saturated rings. The predicted molar refractivity (Wildman–Crippen MR) is 129 cm³/mol. The molecule has 0 atom stereocenters. The number of halogens is 1. The Balaban J connectivity index is 1.29. The van der Waals surface area contributed by atoms with Crippen LogP contribution in [0.15, 0.2) is 84.0 Å². The number of nitrogens with one attached hydrogen (secondary N) is 1. The van der Waals surface area contributed by atoms with Crippen molar-refractivity contribution in [1.29, 1.82) is 0 Å². The Hall–Kier alpha value is -3.97. The maximum atomic E-state index is 12.9. The molecule has 33 heavy (non-hydrogen) atoms. The summed E-state index contributed by atoms with van der Waals surface area (Å²) in [4.78, 5) is 30.0. The minimum absolute atomic E-state index is 0.151. The Labute approximate surface area is 194 Å². The third-order valence-corrected chi connectivity index (χ3v) is 5.78. The minimum Gasteiger partial charge on any atom is -0.350 e. The summed E-state index contributed by atoms with van der Waals surface area (Å²) in [5.74, 6) is -0.151. The van der Waals surface area contributed by atoms with Gasteiger partial charge >= 0.3 is 0 Å². The number of carbonyl (C=O) groups is 1. The van der Waals surface area contributed by atoms with Gasteiger partial charge < -0.3 is 5.32 Å². The van der Waals surface area contributed by atoms with Gasteiger partial charge in [-0.2, -0.15) is 5.10 Å². The Morgan fingerprint density at radius 3 is 2.61 bits per heavy atom. The molecule has 5 aromatic rings. The summed E-state index contributed by atoms with van der Waals surface area (Å²) >= 11 is 5.93. The maximum absolute atomic E-state index is 12.9. The van der Waals surface area contributed by atoms with Gasteiger partial charge in [-0.1, -0.05) is 60.1 Å². The zero-order valence-corrected chi connectivity index (χ0v) is 18.4. The number of rotatable bonds is 6. The molecule has 0 bridgehead atoms. The highest BCUT2D eigenvalue weighted by molar-refractivity contribution is 6.30. The first kappa shape index (κ1) is 20.9. The highest BCUT2D eigenvalue weighted by atomic mass is 35.5. The van der Waals surface area contributed by atoms with Crippen LogP contribution >= 0.6 is 11.6 Å². The number of aromatic nitrogens is 4. The lowest BCUT2D eigenvalue weighted by Crippen LogP contribution is -2.28. The summed E-state index contributed by atoms with van der Waals surface area (Å²) in [6.45, 7) is 1.15. The zero-order valence-electron chi connectivity index (χ0n) is 17.6. The molecule has 0 saturated carbocycles. The monoisotopic (exact) mass is 457 g/mol. The molecule has 0 aliphatic heterocycles. The van der Waals surface area contributed by atoms with Gasteiger partial charge in [0.1, 0.15) is 11.7 Å². The smallest absolute Gasteiger partial charge is 0.264 e. The second-order valence-electron chi connectivity index (χ2n) is 7.69. The van der Waals surface area contributed by atoms with Gasteiger partial charge in [-0.25, -0.2) is 9.67 Å². The van der Waals surface area contributed by atoms with Crippen molar-refractivity contribution in [3.8, 4) is 0 Å². The molecule has 0 radical (unpaired) electrons. The lowest BCUT2D eigenvalue weighted by molar-refractivity contribution is 0.0953. The maximum Gasteiger partial charge on any atom is 0.264 e. The molecule has 0 saturated heterocycles. The molecule has 2 heterocycles. The summed E-state index contributed by atoms with van der Waals surface area (Å²) in [6, 6.07) is 20.8. The second-order valence-corrected chi connectivity index (χ2v) is 8.13. The summed E-state index contributed by atoms with van der Waals surface area (Å²) in [5.41, 5.74) is 1.90. The fraction of sp³-hybridized carbons (Fsp3) is 0.120. The minimum atomic E-state index is -0.166. The van der Waals surface area contributed by atoms with E-state index in [1.54, 1.807) is 21.4 Å². The van der Waals surface area contributed by atoms with Crippen LogP contribution in [-0.4, -0.2) is 31.8 Å². The van der Waals surface area contributed by atoms with Crippen molar-refractivity contribution >= 4 is 39.3 Å². The molecule has 0 spiro atoms. The fourth-order valence-electron chi connectivity index (χ4n) is 3.85. The molecule has 0 unspecified atom stereocenters. The Morgan fingerprint density at radius 1 is 0.970 bits per heavy atom. The number of hydrogen-bond acceptors (Lipinski definition) is 4. The van der Waals surface area contributed by atoms with Gasteiger partial charge in [-0.05, 0) is 34.5 Å². The van der Waals surface area contributed by atoms with Crippen LogP contribution in [0.25, 0.3) is 21.8 Å². The largest absolute Gasteiger partial charge is 0.350 e. The van der Waals surface area contributed by atoms with Gasteiger partial charge in [0.15, 0.2) is 5.65 Å². The molecule has 0 aliphatic carbocycles. The van der Waals surface area contributed by atoms with Crippen LogP contribution in [0, 0.1) is 0 Å². The molecule has 5 rings (SSSR count). The highest BCUT2D eigenvalue weighted by Gasteiger charge is 2.12. The molecule has 1 N–H and O–H groups in total. The Bertz CT molecular complexity index is 1520. The van der Waals surface area contributed by atoms with Crippen molar-refractivity contribution in [2.24, 2.45) is 0 Å². The predicted octanol–water partition coefficient (Wildman–Crippen LogP) is 3.88. The summed E-state index contributed by atoms with van der Waals surface area (Å²) in [7, 11) is 0. The van der Waals surface area contributed by atoms with E-state index in [0.717, 1.165) is 16.3 Å². The molecule has 3 aromatic carbocycles. The molecular formula is C25H20ClN5O2. The van der Waals surface area contributed by atoms with Gasteiger partial charge in [-0.3, -0.25) is 14.2 Å². The molecular weight excluding hydrogens is 438 g/mol. The van der Waals surface area contributed by atoms with E-state index < -0.39 is 0 Å². The van der Waals surface area contributed by atoms with Gasteiger partial charge in [0, 0.05) is 17.1 Å². The zero-order chi connectivity index (χ0) is 22.8. The fourth-order valence-corrected chi connectivity index (χ4v) is 3.98. The average molecular weight is 458 g/mol. The molecule has 1 amide bonds. The first-order valence-electron chi connectivity index (χ1n) is 10.5. The molecule has 7 nitrogen and oxygen atoms in total. The summed E-state index contributed by atoms with van der Waals surface area (Å²) in [5, 5.41) is 10.3. The Morgan fingerprint density at radius 2 is 1.76 bits per heavy atom. The highest BCUT2D eigenvalue weighted by Crippen LogP contribution is 2.18. The number of carbonyl (C=O) groups excluding carboxylic acids is 1. The number of benzene rings is 3. The van der Waals surface area contributed by atoms with E-state index in [0.29, 0.717) is 41.3 Å². The number of nitrogens with zero attached hydrogens (tertiary/aromatic N) is 4. The van der Waals surface area contributed by atoms with E-state index in [1.807, 2.05) is 54.6 Å². The molecule has 2 aromatic heterocycles. The van der Waals surface area contributed by atoms with Crippen LogP contribution in [-0.2, 0) is 13.1 Å². The third kappa shape index (κ3) is 4.23. The van der Waals surface area contributed by atoms with E-state index in [2.05, 4.69) is 15.4 Å². The molecule has 8 heteroatoms. The quantitative estimate of drug-likeness (QED) is 0.419. The second kappa shape index (κ2) is 8.88. The first-order chi connectivity index (χ1) is 16.1. The van der Waals surface area contributed by atoms with Gasteiger partial charge in [0.25, 0.3) is 11.5 Å². The Kier molecular flexibility index (Phi) is 5.62. The van der Waals surface area contributed by atoms with Crippen molar-refractivity contribution in [1.82, 2.24) is 24.6 Å². The van der Waals surface area contributed by atoms with E-state index in [-0.39, 0.29) is 11.5 Å². The topological polar surface area (TPSA) is 81.8 Å². The standard InChI is InChI=1S/C25H20ClN5O2/c26-19-10-8-17(9-11-19)15-30-16-28-23-22(25(30)33)14-29-31(23)13-12-27-24(32)21-7-3-5-18-4-1-2-6-20(18)21/h1-11,14,16H,12-13,15H2,(H,27,32). The van der Waals surface area contributed by atoms with E-state index in [9.17, 15) is 9.59 Å². The normalized spacial score (nSPS) is 11.2. The van der Waals surface area contributed by atoms with Crippen molar-refractivity contribution in [2.75, 3.05) is 6.54 Å². The van der Waals surface area contributed by atoms with Crippen LogP contribution in [0.4, 0.5) is 0 Å². The van der Waals surface area contributed by atoms with Crippen LogP contribution in [0.5, 0.6) is 0 Å². The van der Waals surface area contributed by atoms with Crippen LogP contribution in [0.3, 0.4) is 0 Å². The van der Waals surface area contributed by atoms with Crippen LogP contribution in [0.1, 0.15) is 15.9 Å². The first-order valence-corrected chi connectivity index (χ1v) is 10.9. The number of fused-ring (bicyclic) bond motifs is 2. The van der Waals surface area contributed by atoms with Gasteiger partial charge in [0.2, 0.25) is 0 Å². The summed E-state index contributed by atoms with van der Waals surface area (Å²) in [6.07, 6.45) is 3.04. The van der Waals surface area contributed by atoms with E-state index in [1.165, 1.54) is 12.5 Å². The number of amides is 1. The van der Waals surface area contributed by atoms with Gasteiger partial charge in [0.05, 0.1) is 19.3 Å². The van der Waals surface area contributed by atoms with Crippen molar-refractivity contribution in [3.63, 3.8) is 0 Å². The van der Waals surface area contributed by atoms with Crippen LogP contribution < -0.4 is 10.9 Å². The SMILES string of the molecule is O=C(NCCn1ncc2c(=O)n(Cc3ccc(Cl)cc3)cnc21)c1cccc2ccccc12. The lowest BCUT2D eigenvalue weighted by atomic mass is 10.0. The van der Waals surface area contributed by atoms with E-state index >= 15 is 0 Å². The van der Waals surface area contributed by atoms with Crippen molar-refractivity contribution < 1.29 is 4.79 Å². The van der Waals surface area contributed by atoms with Gasteiger partial charge in [-0.15, -0.1) is 0 Å². The summed E-state index contributed by atoms with van der Waals surface area (Å²) < 4.78 is 3.17. The van der Waals surface area contributed by atoms with E-state index in [4.69, 9.17) is 11.6 Å².